The van der Waals surface area contributed by atoms with Crippen LogP contribution in [0.4, 0.5) is 0 Å². The number of rotatable bonds is 3. The number of nitrogens with one attached hydrogen (secondary N) is 1. The second-order valence-corrected chi connectivity index (χ2v) is 6.77. The Morgan fingerprint density at radius 1 is 1.43 bits per heavy atom. The van der Waals surface area contributed by atoms with Crippen LogP contribution < -0.4 is 5.32 Å². The maximum Gasteiger partial charge on any atom is 0.224 e. The summed E-state index contributed by atoms with van der Waals surface area (Å²) in [4.78, 5) is 12.3. The molecule has 1 aromatic rings. The van der Waals surface area contributed by atoms with Crippen molar-refractivity contribution in [1.82, 2.24) is 5.32 Å². The van der Waals surface area contributed by atoms with Gasteiger partial charge in [0.25, 0.3) is 0 Å². The first-order valence-electron chi connectivity index (χ1n) is 7.68. The lowest BCUT2D eigenvalue weighted by atomic mass is 9.55. The third kappa shape index (κ3) is 2.53. The molecule has 0 spiro atoms. The Morgan fingerprint density at radius 3 is 2.95 bits per heavy atom. The zero-order valence-corrected chi connectivity index (χ0v) is 12.6. The number of para-hydroxylation sites is 1. The quantitative estimate of drug-likeness (QED) is 0.897. The molecule has 2 N–H and O–H groups in total. The number of fused-ring (bicyclic) bond motifs is 1. The Kier molecular flexibility index (Phi) is 3.66. The van der Waals surface area contributed by atoms with Gasteiger partial charge in [0.15, 0.2) is 0 Å². The predicted octanol–water partition coefficient (Wildman–Crippen LogP) is 2.25. The summed E-state index contributed by atoms with van der Waals surface area (Å²) < 4.78 is 5.85. The molecule has 4 heteroatoms. The van der Waals surface area contributed by atoms with Crippen LogP contribution >= 0.6 is 0 Å². The highest BCUT2D eigenvalue weighted by Gasteiger charge is 2.58. The minimum Gasteiger partial charge on any atom is -0.508 e. The summed E-state index contributed by atoms with van der Waals surface area (Å²) in [5.74, 6) is 0.583. The lowest BCUT2D eigenvalue weighted by molar-refractivity contribution is -0.193. The number of carbonyl (C=O) groups is 1. The van der Waals surface area contributed by atoms with Crippen LogP contribution in [0.5, 0.6) is 5.75 Å². The van der Waals surface area contributed by atoms with Crippen molar-refractivity contribution in [3.8, 4) is 5.75 Å². The van der Waals surface area contributed by atoms with Gasteiger partial charge in [-0.05, 0) is 18.9 Å². The molecule has 1 amide bonds. The van der Waals surface area contributed by atoms with E-state index in [-0.39, 0.29) is 35.6 Å². The van der Waals surface area contributed by atoms with E-state index < -0.39 is 0 Å². The average Bonchev–Trinajstić information content (AvgIpc) is 2.47. The van der Waals surface area contributed by atoms with Crippen molar-refractivity contribution in [1.29, 1.82) is 0 Å². The molecule has 3 unspecified atom stereocenters. The molecule has 0 bridgehead atoms. The summed E-state index contributed by atoms with van der Waals surface area (Å²) >= 11 is 0. The van der Waals surface area contributed by atoms with Gasteiger partial charge in [-0.15, -0.1) is 0 Å². The lowest BCUT2D eigenvalue weighted by Gasteiger charge is -2.59. The number of phenolic OH excluding ortho intramolecular Hbond substituents is 1. The zero-order valence-electron chi connectivity index (χ0n) is 12.6. The summed E-state index contributed by atoms with van der Waals surface area (Å²) in [5, 5.41) is 12.9. The number of amides is 1. The van der Waals surface area contributed by atoms with E-state index in [1.165, 1.54) is 0 Å². The molecule has 1 saturated heterocycles. The van der Waals surface area contributed by atoms with Gasteiger partial charge in [-0.2, -0.15) is 0 Å². The molecule has 114 valence electrons. The van der Waals surface area contributed by atoms with Crippen molar-refractivity contribution in [3.63, 3.8) is 0 Å². The molecular formula is C17H23NO3. The van der Waals surface area contributed by atoms with Crippen molar-refractivity contribution in [2.75, 3.05) is 6.61 Å². The molecule has 0 radical (unpaired) electrons. The van der Waals surface area contributed by atoms with Crippen LogP contribution in [0.2, 0.25) is 0 Å². The molecule has 0 aromatic heterocycles. The molecule has 2 fully saturated rings. The van der Waals surface area contributed by atoms with Gasteiger partial charge < -0.3 is 15.2 Å². The van der Waals surface area contributed by atoms with Crippen molar-refractivity contribution < 1.29 is 14.6 Å². The summed E-state index contributed by atoms with van der Waals surface area (Å²) in [6.07, 6.45) is 2.68. The zero-order chi connectivity index (χ0) is 15.0. The fourth-order valence-corrected chi connectivity index (χ4v) is 3.87. The van der Waals surface area contributed by atoms with Gasteiger partial charge >= 0.3 is 0 Å². The van der Waals surface area contributed by atoms with Gasteiger partial charge in [-0.1, -0.05) is 32.0 Å². The Hall–Kier alpha value is -1.55. The molecule has 3 rings (SSSR count). The topological polar surface area (TPSA) is 58.6 Å². The highest BCUT2D eigenvalue weighted by atomic mass is 16.5. The minimum absolute atomic E-state index is 0.0144. The molecule has 2 aliphatic rings. The molecule has 1 aliphatic heterocycles. The minimum atomic E-state index is -0.0291. The monoisotopic (exact) mass is 289 g/mol. The highest BCUT2D eigenvalue weighted by molar-refractivity contribution is 5.79. The van der Waals surface area contributed by atoms with Crippen molar-refractivity contribution in [3.05, 3.63) is 29.8 Å². The Bertz CT molecular complexity index is 541. The third-order valence-electron chi connectivity index (χ3n) is 4.99. The summed E-state index contributed by atoms with van der Waals surface area (Å²) in [7, 11) is 0. The van der Waals surface area contributed by atoms with E-state index in [0.717, 1.165) is 19.4 Å². The van der Waals surface area contributed by atoms with Gasteiger partial charge in [0.05, 0.1) is 12.5 Å². The van der Waals surface area contributed by atoms with Crippen molar-refractivity contribution >= 4 is 5.91 Å². The maximum absolute atomic E-state index is 12.3. The van der Waals surface area contributed by atoms with E-state index in [1.807, 2.05) is 6.07 Å². The second kappa shape index (κ2) is 5.34. The molecular weight excluding hydrogens is 266 g/mol. The van der Waals surface area contributed by atoms with Crippen LogP contribution in [0.1, 0.15) is 32.3 Å². The Balaban J connectivity index is 1.64. The van der Waals surface area contributed by atoms with Crippen LogP contribution in [-0.4, -0.2) is 29.8 Å². The van der Waals surface area contributed by atoms with Crippen molar-refractivity contribution in [2.24, 2.45) is 11.3 Å². The Labute approximate surface area is 125 Å². The van der Waals surface area contributed by atoms with Gasteiger partial charge in [0, 0.05) is 29.5 Å². The highest BCUT2D eigenvalue weighted by Crippen LogP contribution is 2.51. The van der Waals surface area contributed by atoms with Crippen LogP contribution in [-0.2, 0) is 16.0 Å². The number of benzene rings is 1. The summed E-state index contributed by atoms with van der Waals surface area (Å²) in [6, 6.07) is 7.16. The predicted molar refractivity (Wildman–Crippen MR) is 80.0 cm³/mol. The lowest BCUT2D eigenvalue weighted by Crippen LogP contribution is -2.70. The first-order chi connectivity index (χ1) is 10.00. The molecule has 4 nitrogen and oxygen atoms in total. The molecule has 21 heavy (non-hydrogen) atoms. The van der Waals surface area contributed by atoms with Crippen molar-refractivity contribution in [2.45, 2.75) is 45.3 Å². The molecule has 1 aliphatic carbocycles. The van der Waals surface area contributed by atoms with Gasteiger partial charge in [-0.25, -0.2) is 0 Å². The number of hydrogen-bond acceptors (Lipinski definition) is 3. The van der Waals surface area contributed by atoms with E-state index in [1.54, 1.807) is 18.2 Å². The van der Waals surface area contributed by atoms with Gasteiger partial charge in [-0.3, -0.25) is 4.79 Å². The van der Waals surface area contributed by atoms with E-state index in [9.17, 15) is 9.90 Å². The standard InChI is InChI=1S/C17H23NO3/c1-17(2)15(12-7-5-9-21-16(12)17)18-14(20)10-11-6-3-4-8-13(11)19/h3-4,6,8,12,15-16,19H,5,7,9-10H2,1-2H3,(H,18,20). The van der Waals surface area contributed by atoms with Crippen LogP contribution in [0.15, 0.2) is 24.3 Å². The van der Waals surface area contributed by atoms with Gasteiger partial charge in [0.1, 0.15) is 5.75 Å². The fourth-order valence-electron chi connectivity index (χ4n) is 3.87. The molecule has 1 heterocycles. The largest absolute Gasteiger partial charge is 0.508 e. The van der Waals surface area contributed by atoms with Crippen LogP contribution in [0, 0.1) is 11.3 Å². The number of aromatic hydroxyl groups is 1. The number of hydrogen-bond donors (Lipinski definition) is 2. The first-order valence-corrected chi connectivity index (χ1v) is 7.68. The number of ether oxygens (including phenoxy) is 1. The van der Waals surface area contributed by atoms with E-state index in [4.69, 9.17) is 4.74 Å². The number of phenols is 1. The molecule has 1 aromatic carbocycles. The normalized spacial score (nSPS) is 30.1. The maximum atomic E-state index is 12.3. The average molecular weight is 289 g/mol. The van der Waals surface area contributed by atoms with Crippen LogP contribution in [0.25, 0.3) is 0 Å². The van der Waals surface area contributed by atoms with E-state index in [0.29, 0.717) is 11.5 Å². The SMILES string of the molecule is CC1(C)C(NC(=O)Cc2ccccc2O)C2CCCOC21. The van der Waals surface area contributed by atoms with E-state index in [2.05, 4.69) is 19.2 Å². The smallest absolute Gasteiger partial charge is 0.224 e. The Morgan fingerprint density at radius 2 is 2.19 bits per heavy atom. The third-order valence-corrected chi connectivity index (χ3v) is 4.99. The summed E-state index contributed by atoms with van der Waals surface area (Å²) in [6.45, 7) is 5.15. The summed E-state index contributed by atoms with van der Waals surface area (Å²) in [5.41, 5.74) is 0.656. The first kappa shape index (κ1) is 14.4. The molecule has 1 saturated carbocycles. The second-order valence-electron chi connectivity index (χ2n) is 6.77. The van der Waals surface area contributed by atoms with Gasteiger partial charge in [0.2, 0.25) is 5.91 Å². The molecule has 3 atom stereocenters. The fraction of sp³-hybridized carbons (Fsp3) is 0.588. The van der Waals surface area contributed by atoms with Crippen LogP contribution in [0.3, 0.4) is 0 Å². The van der Waals surface area contributed by atoms with E-state index >= 15 is 0 Å². The number of carbonyl (C=O) groups excluding carboxylic acids is 1.